The van der Waals surface area contributed by atoms with E-state index in [1.54, 1.807) is 6.92 Å². The lowest BCUT2D eigenvalue weighted by Gasteiger charge is -2.21. The van der Waals surface area contributed by atoms with Crippen molar-refractivity contribution in [2.24, 2.45) is 0 Å². The molecule has 2 atom stereocenters. The molecule has 182 valence electrons. The van der Waals surface area contributed by atoms with Gasteiger partial charge in [-0.3, -0.25) is 4.79 Å². The van der Waals surface area contributed by atoms with E-state index < -0.39 is 24.1 Å². The van der Waals surface area contributed by atoms with E-state index in [4.69, 9.17) is 9.84 Å². The van der Waals surface area contributed by atoms with Crippen LogP contribution in [-0.2, 0) is 9.53 Å². The number of alkyl carbamates (subject to hydrolysis) is 1. The molecule has 1 heterocycles. The molecule has 8 nitrogen and oxygen atoms in total. The molecule has 3 N–H and O–H groups in total. The number of carbonyl (C=O) groups excluding carboxylic acids is 2. The van der Waals surface area contributed by atoms with Crippen molar-refractivity contribution in [1.82, 2.24) is 15.6 Å². The van der Waals surface area contributed by atoms with Gasteiger partial charge in [-0.05, 0) is 35.6 Å². The summed E-state index contributed by atoms with van der Waals surface area (Å²) in [5.41, 5.74) is 4.45. The number of nitrogens with one attached hydrogen (secondary N) is 2. The van der Waals surface area contributed by atoms with Crippen molar-refractivity contribution in [2.45, 2.75) is 44.7 Å². The number of hydrogen-bond donors (Lipinski definition) is 3. The van der Waals surface area contributed by atoms with Gasteiger partial charge in [0.25, 0.3) is 0 Å². The molecule has 1 aliphatic rings. The highest BCUT2D eigenvalue weighted by molar-refractivity contribution is 7.09. The van der Waals surface area contributed by atoms with Crippen molar-refractivity contribution in [2.75, 3.05) is 6.61 Å². The van der Waals surface area contributed by atoms with Crippen LogP contribution < -0.4 is 10.6 Å². The molecule has 1 aromatic heterocycles. The Hall–Kier alpha value is -3.72. The van der Waals surface area contributed by atoms with E-state index in [-0.39, 0.29) is 24.1 Å². The van der Waals surface area contributed by atoms with Crippen molar-refractivity contribution in [3.8, 4) is 11.1 Å². The van der Waals surface area contributed by atoms with Crippen molar-refractivity contribution in [3.05, 3.63) is 75.7 Å². The number of hydrogen-bond acceptors (Lipinski definition) is 6. The van der Waals surface area contributed by atoms with E-state index in [9.17, 15) is 14.4 Å². The van der Waals surface area contributed by atoms with Crippen LogP contribution in [0.5, 0.6) is 0 Å². The van der Waals surface area contributed by atoms with Gasteiger partial charge in [0.1, 0.15) is 17.7 Å². The minimum absolute atomic E-state index is 0.0621. The first-order valence-corrected chi connectivity index (χ1v) is 12.4. The molecule has 0 bridgehead atoms. The third-order valence-electron chi connectivity index (χ3n) is 6.00. The number of carboxylic acid groups (broad SMARTS) is 1. The first-order chi connectivity index (χ1) is 16.9. The zero-order chi connectivity index (χ0) is 24.9. The summed E-state index contributed by atoms with van der Waals surface area (Å²) in [6.07, 6.45) is 0.452. The van der Waals surface area contributed by atoms with Crippen molar-refractivity contribution in [1.29, 1.82) is 0 Å². The molecule has 1 aliphatic carbocycles. The van der Waals surface area contributed by atoms with Crippen molar-refractivity contribution >= 4 is 29.3 Å². The van der Waals surface area contributed by atoms with E-state index in [0.29, 0.717) is 17.8 Å². The first-order valence-electron chi connectivity index (χ1n) is 11.5. The Labute approximate surface area is 207 Å². The maximum Gasteiger partial charge on any atom is 0.407 e. The van der Waals surface area contributed by atoms with Crippen LogP contribution in [0.4, 0.5) is 4.79 Å². The van der Waals surface area contributed by atoms with Gasteiger partial charge in [-0.1, -0.05) is 61.9 Å². The van der Waals surface area contributed by atoms with E-state index in [1.807, 2.05) is 43.3 Å². The Balaban J connectivity index is 1.37. The van der Waals surface area contributed by atoms with Gasteiger partial charge in [-0.2, -0.15) is 0 Å². The molecule has 0 spiro atoms. The van der Waals surface area contributed by atoms with Crippen LogP contribution in [0.1, 0.15) is 65.3 Å². The van der Waals surface area contributed by atoms with E-state index in [0.717, 1.165) is 33.6 Å². The summed E-state index contributed by atoms with van der Waals surface area (Å²) in [6, 6.07) is 14.9. The predicted molar refractivity (Wildman–Crippen MR) is 133 cm³/mol. The average molecular weight is 494 g/mol. The SMILES string of the molecule is CCC[C@H](NC(=O)OCC1c2ccccc2-c2ccccc21)C(=O)NC(C)c1nc(C(=O)O)cs1. The van der Waals surface area contributed by atoms with Gasteiger partial charge in [0.15, 0.2) is 5.69 Å². The summed E-state index contributed by atoms with van der Waals surface area (Å²) in [4.78, 5) is 40.6. The van der Waals surface area contributed by atoms with Crippen LogP contribution in [-0.4, -0.2) is 40.7 Å². The summed E-state index contributed by atoms with van der Waals surface area (Å²) in [7, 11) is 0. The first kappa shape index (κ1) is 24.4. The summed E-state index contributed by atoms with van der Waals surface area (Å²) in [5.74, 6) is -1.56. The minimum Gasteiger partial charge on any atom is -0.476 e. The van der Waals surface area contributed by atoms with Gasteiger partial charge >= 0.3 is 12.1 Å². The molecule has 1 unspecified atom stereocenters. The second-order valence-corrected chi connectivity index (χ2v) is 9.31. The summed E-state index contributed by atoms with van der Waals surface area (Å²) < 4.78 is 5.58. The number of aromatic carboxylic acids is 1. The molecular formula is C26H27N3O5S. The number of thiazole rings is 1. The molecular weight excluding hydrogens is 466 g/mol. The number of rotatable bonds is 9. The minimum atomic E-state index is -1.12. The average Bonchev–Trinajstić information content (AvgIpc) is 3.46. The van der Waals surface area contributed by atoms with E-state index >= 15 is 0 Å². The highest BCUT2D eigenvalue weighted by Crippen LogP contribution is 2.44. The fraction of sp³-hybridized carbons (Fsp3) is 0.308. The largest absolute Gasteiger partial charge is 0.476 e. The Morgan fingerprint density at radius 1 is 1.06 bits per heavy atom. The normalized spacial score (nSPS) is 13.9. The molecule has 0 aliphatic heterocycles. The lowest BCUT2D eigenvalue weighted by Crippen LogP contribution is -2.47. The van der Waals surface area contributed by atoms with Gasteiger partial charge in [-0.15, -0.1) is 11.3 Å². The number of aromatic nitrogens is 1. The van der Waals surface area contributed by atoms with E-state index in [2.05, 4.69) is 27.8 Å². The zero-order valence-corrected chi connectivity index (χ0v) is 20.3. The summed E-state index contributed by atoms with van der Waals surface area (Å²) in [5, 5.41) is 16.5. The number of carboxylic acids is 1. The summed E-state index contributed by atoms with van der Waals surface area (Å²) >= 11 is 1.16. The zero-order valence-electron chi connectivity index (χ0n) is 19.5. The van der Waals surface area contributed by atoms with Crippen LogP contribution in [0.25, 0.3) is 11.1 Å². The molecule has 0 saturated heterocycles. The predicted octanol–water partition coefficient (Wildman–Crippen LogP) is 4.73. The quantitative estimate of drug-likeness (QED) is 0.397. The number of amides is 2. The fourth-order valence-electron chi connectivity index (χ4n) is 4.30. The highest BCUT2D eigenvalue weighted by Gasteiger charge is 2.30. The Morgan fingerprint density at radius 3 is 2.26 bits per heavy atom. The molecule has 2 amide bonds. The Morgan fingerprint density at radius 2 is 1.69 bits per heavy atom. The maximum absolute atomic E-state index is 12.9. The maximum atomic E-state index is 12.9. The highest BCUT2D eigenvalue weighted by atomic mass is 32.1. The number of ether oxygens (including phenoxy) is 1. The van der Waals surface area contributed by atoms with Gasteiger partial charge in [-0.25, -0.2) is 14.6 Å². The third kappa shape index (κ3) is 5.35. The van der Waals surface area contributed by atoms with E-state index in [1.165, 1.54) is 5.38 Å². The molecule has 35 heavy (non-hydrogen) atoms. The van der Waals surface area contributed by atoms with Crippen molar-refractivity contribution in [3.63, 3.8) is 0 Å². The van der Waals surface area contributed by atoms with Gasteiger partial charge in [0.05, 0.1) is 6.04 Å². The van der Waals surface area contributed by atoms with Crippen LogP contribution in [0, 0.1) is 0 Å². The van der Waals surface area contributed by atoms with Crippen LogP contribution in [0.3, 0.4) is 0 Å². The molecule has 3 aromatic rings. The van der Waals surface area contributed by atoms with Gasteiger partial charge in [0, 0.05) is 11.3 Å². The molecule has 0 radical (unpaired) electrons. The molecule has 2 aromatic carbocycles. The van der Waals surface area contributed by atoms with Crippen LogP contribution in [0.15, 0.2) is 53.9 Å². The molecule has 4 rings (SSSR count). The number of benzene rings is 2. The van der Waals surface area contributed by atoms with Gasteiger partial charge < -0.3 is 20.5 Å². The van der Waals surface area contributed by atoms with Crippen LogP contribution in [0.2, 0.25) is 0 Å². The number of nitrogens with zero attached hydrogens (tertiary/aromatic N) is 1. The third-order valence-corrected chi connectivity index (χ3v) is 7.03. The second-order valence-electron chi connectivity index (χ2n) is 8.42. The summed E-state index contributed by atoms with van der Waals surface area (Å²) in [6.45, 7) is 3.80. The van der Waals surface area contributed by atoms with Crippen LogP contribution >= 0.6 is 11.3 Å². The lowest BCUT2D eigenvalue weighted by molar-refractivity contribution is -0.123. The number of carbonyl (C=O) groups is 3. The topological polar surface area (TPSA) is 118 Å². The molecule has 0 fully saturated rings. The monoisotopic (exact) mass is 493 g/mol. The van der Waals surface area contributed by atoms with Crippen molar-refractivity contribution < 1.29 is 24.2 Å². The lowest BCUT2D eigenvalue weighted by atomic mass is 9.98. The Bertz CT molecular complexity index is 1200. The second kappa shape index (κ2) is 10.7. The fourth-order valence-corrected chi connectivity index (χ4v) is 5.10. The molecule has 9 heteroatoms. The standard InChI is InChI=1S/C26H27N3O5S/c1-3-8-21(23(30)27-15(2)24-28-22(14-35-24)25(31)32)29-26(33)34-13-20-18-11-6-4-9-16(18)17-10-5-7-12-19(17)20/h4-7,9-12,14-15,20-21H,3,8,13H2,1-2H3,(H,27,30)(H,29,33)(H,31,32)/t15?,21-/m0/s1. The number of fused-ring (bicyclic) bond motifs is 3. The Kier molecular flexibility index (Phi) is 7.45. The van der Waals surface area contributed by atoms with Gasteiger partial charge in [0.2, 0.25) is 5.91 Å². The molecule has 0 saturated carbocycles. The smallest absolute Gasteiger partial charge is 0.407 e.